The van der Waals surface area contributed by atoms with Crippen molar-refractivity contribution in [3.63, 3.8) is 0 Å². The van der Waals surface area contributed by atoms with Gasteiger partial charge in [-0.15, -0.1) is 0 Å². The Bertz CT molecular complexity index is 919. The molecule has 1 amide bonds. The molecule has 0 radical (unpaired) electrons. The molecule has 0 unspecified atom stereocenters. The Kier molecular flexibility index (Phi) is 5.50. The van der Waals surface area contributed by atoms with Crippen LogP contribution in [0.25, 0.3) is 0 Å². The number of aromatic nitrogens is 2. The highest BCUT2D eigenvalue weighted by molar-refractivity contribution is 7.10. The van der Waals surface area contributed by atoms with E-state index in [9.17, 15) is 9.90 Å². The lowest BCUT2D eigenvalue weighted by Crippen LogP contribution is -2.45. The second-order valence-corrected chi connectivity index (χ2v) is 8.39. The number of ether oxygens (including phenoxy) is 1. The lowest BCUT2D eigenvalue weighted by Gasteiger charge is -2.38. The van der Waals surface area contributed by atoms with Crippen LogP contribution in [0.3, 0.4) is 0 Å². The monoisotopic (exact) mass is 413 g/mol. The van der Waals surface area contributed by atoms with Crippen molar-refractivity contribution in [2.75, 3.05) is 38.2 Å². The molecule has 4 heterocycles. The van der Waals surface area contributed by atoms with Crippen LogP contribution in [0.4, 0.5) is 5.00 Å². The van der Waals surface area contributed by atoms with Gasteiger partial charge in [-0.05, 0) is 50.0 Å². The number of methoxy groups -OCH3 is 1. The summed E-state index contributed by atoms with van der Waals surface area (Å²) in [5.74, 6) is 0.620. The molecule has 2 aromatic heterocycles. The smallest absolute Gasteiger partial charge is 0.234 e. The molecule has 2 aliphatic rings. The Hall–Kier alpha value is -2.54. The first kappa shape index (κ1) is 19.8. The fourth-order valence-electron chi connectivity index (χ4n) is 4.23. The molecule has 1 spiro atoms. The van der Waals surface area contributed by atoms with Gasteiger partial charge in [0.2, 0.25) is 5.91 Å². The molecule has 0 aliphatic carbocycles. The quantitative estimate of drug-likeness (QED) is 0.799. The maximum atomic E-state index is 13.0. The number of β-amino-alcohol motifs (C(OH)–C–C–N with tert-alkyl or cyclic N) is 1. The second kappa shape index (κ2) is 8.06. The van der Waals surface area contributed by atoms with Gasteiger partial charge in [0.25, 0.3) is 0 Å². The predicted octanol–water partition coefficient (Wildman–Crippen LogP) is 1.97. The molecule has 8 nitrogen and oxygen atoms in total. The summed E-state index contributed by atoms with van der Waals surface area (Å²) in [6, 6.07) is 5.53. The molecule has 2 fully saturated rings. The predicted molar refractivity (Wildman–Crippen MR) is 108 cm³/mol. The molecule has 152 valence electrons. The third-order valence-corrected chi connectivity index (χ3v) is 6.79. The average Bonchev–Trinajstić information content (AvgIpc) is 3.38. The number of hydrogen-bond donors (Lipinski definition) is 1. The Balaban J connectivity index is 1.37. The minimum Gasteiger partial charge on any atom is -0.495 e. The first-order valence-electron chi connectivity index (χ1n) is 9.63. The van der Waals surface area contributed by atoms with Gasteiger partial charge in [0.1, 0.15) is 28.5 Å². The highest BCUT2D eigenvalue weighted by Crippen LogP contribution is 2.43. The van der Waals surface area contributed by atoms with Gasteiger partial charge in [-0.2, -0.15) is 9.64 Å². The summed E-state index contributed by atoms with van der Waals surface area (Å²) in [7, 11) is 1.49. The van der Waals surface area contributed by atoms with Gasteiger partial charge in [0.05, 0.1) is 18.2 Å². The van der Waals surface area contributed by atoms with Crippen LogP contribution in [0.5, 0.6) is 5.75 Å². The molecular weight excluding hydrogens is 390 g/mol. The first-order valence-corrected chi connectivity index (χ1v) is 10.4. The molecule has 0 bridgehead atoms. The number of carbonyl (C=O) groups excluding carboxylic acids is 1. The van der Waals surface area contributed by atoms with Crippen LogP contribution >= 0.6 is 11.5 Å². The van der Waals surface area contributed by atoms with Gasteiger partial charge < -0.3 is 19.6 Å². The number of nitriles is 1. The van der Waals surface area contributed by atoms with Crippen molar-refractivity contribution in [3.8, 4) is 11.8 Å². The molecule has 2 aromatic rings. The summed E-state index contributed by atoms with van der Waals surface area (Å²) in [6.07, 6.45) is 4.82. The first-order chi connectivity index (χ1) is 14.1. The number of pyridine rings is 1. The van der Waals surface area contributed by atoms with Crippen molar-refractivity contribution in [1.29, 1.82) is 5.26 Å². The largest absolute Gasteiger partial charge is 0.495 e. The zero-order chi connectivity index (χ0) is 20.4. The standard InChI is InChI=1S/C20H23N5O3S/c1-28-17-10-15(22-12-14(17)11-21)16(26)13-24-7-3-20(4-8-24)5-9-25(19(20)27)18-2-6-23-29-18/h2,6,10,12,16,26H,3-5,7-9,13H2,1H3/t16-/m0/s1. The number of rotatable bonds is 5. The van der Waals surface area contributed by atoms with Gasteiger partial charge in [-0.25, -0.2) is 0 Å². The highest BCUT2D eigenvalue weighted by Gasteiger charge is 2.48. The van der Waals surface area contributed by atoms with Crippen molar-refractivity contribution in [2.45, 2.75) is 25.4 Å². The topological polar surface area (TPSA) is 103 Å². The number of nitrogens with zero attached hydrogens (tertiary/aromatic N) is 5. The Morgan fingerprint density at radius 1 is 1.38 bits per heavy atom. The van der Waals surface area contributed by atoms with E-state index in [1.54, 1.807) is 12.3 Å². The normalized spacial score (nSPS) is 20.0. The third-order valence-electron chi connectivity index (χ3n) is 6.02. The maximum Gasteiger partial charge on any atom is 0.234 e. The van der Waals surface area contributed by atoms with E-state index in [1.165, 1.54) is 24.8 Å². The van der Waals surface area contributed by atoms with E-state index in [0.29, 0.717) is 23.6 Å². The maximum absolute atomic E-state index is 13.0. The molecule has 1 atom stereocenters. The number of carbonyl (C=O) groups is 1. The lowest BCUT2D eigenvalue weighted by molar-refractivity contribution is -0.128. The number of aliphatic hydroxyl groups is 1. The van der Waals surface area contributed by atoms with E-state index in [1.807, 2.05) is 17.0 Å². The van der Waals surface area contributed by atoms with Crippen molar-refractivity contribution < 1.29 is 14.6 Å². The van der Waals surface area contributed by atoms with E-state index in [0.717, 1.165) is 43.9 Å². The van der Waals surface area contributed by atoms with Gasteiger partial charge in [-0.3, -0.25) is 9.78 Å². The molecule has 0 aromatic carbocycles. The fraction of sp³-hybridized carbons (Fsp3) is 0.500. The van der Waals surface area contributed by atoms with Crippen molar-refractivity contribution >= 4 is 22.4 Å². The van der Waals surface area contributed by atoms with Crippen LogP contribution in [-0.4, -0.2) is 58.6 Å². The Labute approximate surface area is 173 Å². The molecule has 29 heavy (non-hydrogen) atoms. The summed E-state index contributed by atoms with van der Waals surface area (Å²) >= 11 is 1.36. The molecule has 0 saturated carbocycles. The van der Waals surface area contributed by atoms with Crippen LogP contribution < -0.4 is 9.64 Å². The molecule has 9 heteroatoms. The zero-order valence-electron chi connectivity index (χ0n) is 16.2. The molecular formula is C20H23N5O3S. The average molecular weight is 414 g/mol. The number of aliphatic hydroxyl groups excluding tert-OH is 1. The summed E-state index contributed by atoms with van der Waals surface area (Å²) in [6.45, 7) is 2.70. The van der Waals surface area contributed by atoms with Crippen LogP contribution in [0.2, 0.25) is 0 Å². The van der Waals surface area contributed by atoms with Crippen molar-refractivity contribution in [3.05, 3.63) is 35.8 Å². The summed E-state index contributed by atoms with van der Waals surface area (Å²) in [5, 5.41) is 20.6. The Morgan fingerprint density at radius 2 is 2.14 bits per heavy atom. The van der Waals surface area contributed by atoms with Crippen molar-refractivity contribution in [1.82, 2.24) is 14.3 Å². The van der Waals surface area contributed by atoms with Gasteiger partial charge >= 0.3 is 0 Å². The van der Waals surface area contributed by atoms with Crippen LogP contribution in [0, 0.1) is 16.7 Å². The van der Waals surface area contributed by atoms with Crippen LogP contribution in [0.15, 0.2) is 24.5 Å². The molecule has 2 aliphatic heterocycles. The number of piperidine rings is 1. The second-order valence-electron chi connectivity index (χ2n) is 7.58. The van der Waals surface area contributed by atoms with Gasteiger partial charge in [0, 0.05) is 31.5 Å². The minimum atomic E-state index is -0.779. The van der Waals surface area contributed by atoms with E-state index in [4.69, 9.17) is 10.00 Å². The number of amides is 1. The van der Waals surface area contributed by atoms with E-state index >= 15 is 0 Å². The lowest BCUT2D eigenvalue weighted by atomic mass is 9.77. The number of hydrogen-bond acceptors (Lipinski definition) is 8. The molecule has 2 saturated heterocycles. The van der Waals surface area contributed by atoms with E-state index in [2.05, 4.69) is 14.3 Å². The summed E-state index contributed by atoms with van der Waals surface area (Å²) in [4.78, 5) is 21.3. The van der Waals surface area contributed by atoms with Crippen LogP contribution in [-0.2, 0) is 4.79 Å². The van der Waals surface area contributed by atoms with Gasteiger partial charge in [-0.1, -0.05) is 0 Å². The zero-order valence-corrected chi connectivity index (χ0v) is 17.1. The van der Waals surface area contributed by atoms with E-state index in [-0.39, 0.29) is 11.3 Å². The third kappa shape index (κ3) is 3.71. The molecule has 4 rings (SSSR count). The van der Waals surface area contributed by atoms with Crippen LogP contribution in [0.1, 0.15) is 36.6 Å². The highest BCUT2D eigenvalue weighted by atomic mass is 32.1. The number of likely N-dealkylation sites (tertiary alicyclic amines) is 1. The minimum absolute atomic E-state index is 0.209. The van der Waals surface area contributed by atoms with Gasteiger partial charge in [0.15, 0.2) is 0 Å². The van der Waals surface area contributed by atoms with Crippen molar-refractivity contribution in [2.24, 2.45) is 5.41 Å². The molecule has 1 N–H and O–H groups in total. The van der Waals surface area contributed by atoms with E-state index < -0.39 is 6.10 Å². The SMILES string of the molecule is COc1cc([C@@H](O)CN2CCC3(CC2)CCN(c2ccns2)C3=O)ncc1C#N. The summed E-state index contributed by atoms with van der Waals surface area (Å²) < 4.78 is 9.31. The Morgan fingerprint density at radius 3 is 2.79 bits per heavy atom. The fourth-order valence-corrected chi connectivity index (χ4v) is 4.86. The number of anilines is 1. The summed E-state index contributed by atoms with van der Waals surface area (Å²) in [5.41, 5.74) is 0.532.